The second-order valence-electron chi connectivity index (χ2n) is 4.08. The number of aromatic hydroxyl groups is 1. The van der Waals surface area contributed by atoms with E-state index in [-0.39, 0.29) is 16.3 Å². The maximum Gasteiger partial charge on any atom is 0.262 e. The molecule has 0 aliphatic carbocycles. The Hall–Kier alpha value is -1.72. The number of benzene rings is 2. The Balaban J connectivity index is 2.33. The van der Waals surface area contributed by atoms with Crippen molar-refractivity contribution in [2.24, 2.45) is 0 Å². The average molecular weight is 298 g/mol. The molecule has 0 heterocycles. The molecule has 0 aromatic heterocycles. The zero-order chi connectivity index (χ0) is 14.0. The van der Waals surface area contributed by atoms with E-state index in [0.717, 1.165) is 5.56 Å². The highest BCUT2D eigenvalue weighted by atomic mass is 35.5. The van der Waals surface area contributed by atoms with E-state index in [9.17, 15) is 13.5 Å². The third-order valence-electron chi connectivity index (χ3n) is 2.52. The average Bonchev–Trinajstić information content (AvgIpc) is 2.33. The maximum atomic E-state index is 12.1. The molecule has 0 aliphatic rings. The minimum Gasteiger partial charge on any atom is -0.506 e. The molecule has 6 heteroatoms. The molecule has 0 saturated carbocycles. The highest BCUT2D eigenvalue weighted by Gasteiger charge is 2.15. The summed E-state index contributed by atoms with van der Waals surface area (Å²) in [4.78, 5) is 0.0804. The summed E-state index contributed by atoms with van der Waals surface area (Å²) >= 11 is 5.71. The Labute approximate surface area is 116 Å². The van der Waals surface area contributed by atoms with Crippen molar-refractivity contribution in [2.45, 2.75) is 11.8 Å². The van der Waals surface area contributed by atoms with E-state index in [1.54, 1.807) is 13.0 Å². The highest BCUT2D eigenvalue weighted by Crippen LogP contribution is 2.26. The number of nitrogens with one attached hydrogen (secondary N) is 1. The lowest BCUT2D eigenvalue weighted by Crippen LogP contribution is -2.12. The van der Waals surface area contributed by atoms with Gasteiger partial charge in [0, 0.05) is 5.02 Å². The Morgan fingerprint density at radius 2 is 1.74 bits per heavy atom. The van der Waals surface area contributed by atoms with Crippen molar-refractivity contribution in [3.05, 3.63) is 53.1 Å². The van der Waals surface area contributed by atoms with Gasteiger partial charge in [0.15, 0.2) is 0 Å². The van der Waals surface area contributed by atoms with Crippen molar-refractivity contribution in [1.82, 2.24) is 0 Å². The fourth-order valence-corrected chi connectivity index (χ4v) is 2.75. The third kappa shape index (κ3) is 3.19. The Morgan fingerprint density at radius 3 is 2.32 bits per heavy atom. The number of phenolic OH excluding ortho intramolecular Hbond substituents is 1. The van der Waals surface area contributed by atoms with Crippen LogP contribution in [0.2, 0.25) is 5.02 Å². The van der Waals surface area contributed by atoms with Gasteiger partial charge in [-0.2, -0.15) is 0 Å². The number of halogens is 1. The predicted octanol–water partition coefficient (Wildman–Crippen LogP) is 3.15. The molecule has 2 aromatic carbocycles. The number of sulfonamides is 1. The molecule has 0 radical (unpaired) electrons. The molecule has 0 atom stereocenters. The number of phenols is 1. The highest BCUT2D eigenvalue weighted by molar-refractivity contribution is 7.92. The number of hydrogen-bond donors (Lipinski definition) is 2. The predicted molar refractivity (Wildman–Crippen MR) is 75.1 cm³/mol. The molecule has 19 heavy (non-hydrogen) atoms. The topological polar surface area (TPSA) is 66.4 Å². The largest absolute Gasteiger partial charge is 0.506 e. The summed E-state index contributed by atoms with van der Waals surface area (Å²) in [5, 5.41) is 10.2. The van der Waals surface area contributed by atoms with Crippen LogP contribution in [0.1, 0.15) is 5.56 Å². The Bertz CT molecular complexity index is 696. The summed E-state index contributed by atoms with van der Waals surface area (Å²) in [6.45, 7) is 1.80. The van der Waals surface area contributed by atoms with Crippen LogP contribution in [0.25, 0.3) is 0 Å². The van der Waals surface area contributed by atoms with Gasteiger partial charge in [0.25, 0.3) is 10.0 Å². The second-order valence-corrected chi connectivity index (χ2v) is 6.20. The maximum absolute atomic E-state index is 12.1. The van der Waals surface area contributed by atoms with E-state index in [1.807, 2.05) is 0 Å². The van der Waals surface area contributed by atoms with E-state index in [1.165, 1.54) is 36.4 Å². The molecule has 2 aromatic rings. The van der Waals surface area contributed by atoms with Crippen molar-refractivity contribution in [3.63, 3.8) is 0 Å². The van der Waals surface area contributed by atoms with Crippen LogP contribution in [0, 0.1) is 6.92 Å². The second kappa shape index (κ2) is 5.11. The van der Waals surface area contributed by atoms with Gasteiger partial charge in [0.05, 0.1) is 10.6 Å². The van der Waals surface area contributed by atoms with Gasteiger partial charge in [-0.3, -0.25) is 4.72 Å². The minimum absolute atomic E-state index is 0.0804. The molecule has 0 spiro atoms. The van der Waals surface area contributed by atoms with Crippen LogP contribution >= 0.6 is 11.6 Å². The number of hydrogen-bond acceptors (Lipinski definition) is 3. The molecule has 0 bridgehead atoms. The fourth-order valence-electron chi connectivity index (χ4n) is 1.55. The third-order valence-corrected chi connectivity index (χ3v) is 4.15. The lowest BCUT2D eigenvalue weighted by molar-refractivity contribution is 0.477. The van der Waals surface area contributed by atoms with Crippen molar-refractivity contribution in [2.75, 3.05) is 4.72 Å². The molecule has 0 saturated heterocycles. The van der Waals surface area contributed by atoms with E-state index in [4.69, 9.17) is 11.6 Å². The first kappa shape index (κ1) is 13.7. The molecule has 0 amide bonds. The van der Waals surface area contributed by atoms with Gasteiger partial charge in [0.1, 0.15) is 5.75 Å². The van der Waals surface area contributed by atoms with Crippen molar-refractivity contribution < 1.29 is 13.5 Å². The van der Waals surface area contributed by atoms with Crippen LogP contribution in [0.5, 0.6) is 5.75 Å². The summed E-state index contributed by atoms with van der Waals surface area (Å²) in [6, 6.07) is 10.5. The van der Waals surface area contributed by atoms with Crippen LogP contribution < -0.4 is 4.72 Å². The molecule has 0 unspecified atom stereocenters. The molecule has 2 rings (SSSR count). The van der Waals surface area contributed by atoms with Crippen LogP contribution in [-0.4, -0.2) is 13.5 Å². The van der Waals surface area contributed by atoms with E-state index >= 15 is 0 Å². The SMILES string of the molecule is Cc1ccc(NS(=O)(=O)c2ccc(Cl)cc2)c(O)c1. The summed E-state index contributed by atoms with van der Waals surface area (Å²) in [6.07, 6.45) is 0. The van der Waals surface area contributed by atoms with Crippen molar-refractivity contribution >= 4 is 27.3 Å². The van der Waals surface area contributed by atoms with Gasteiger partial charge in [0.2, 0.25) is 0 Å². The zero-order valence-corrected chi connectivity index (χ0v) is 11.7. The van der Waals surface area contributed by atoms with E-state index in [2.05, 4.69) is 4.72 Å². The fraction of sp³-hybridized carbons (Fsp3) is 0.0769. The van der Waals surface area contributed by atoms with Crippen LogP contribution in [0.15, 0.2) is 47.4 Å². The Kier molecular flexibility index (Phi) is 3.68. The van der Waals surface area contributed by atoms with Gasteiger partial charge in [-0.1, -0.05) is 17.7 Å². The summed E-state index contributed by atoms with van der Waals surface area (Å²) < 4.78 is 26.5. The zero-order valence-electron chi connectivity index (χ0n) is 10.1. The first-order valence-corrected chi connectivity index (χ1v) is 7.32. The van der Waals surface area contributed by atoms with Gasteiger partial charge in [-0.25, -0.2) is 8.42 Å². The van der Waals surface area contributed by atoms with Gasteiger partial charge >= 0.3 is 0 Å². The number of aryl methyl sites for hydroxylation is 1. The molecular formula is C13H12ClNO3S. The Morgan fingerprint density at radius 1 is 1.11 bits per heavy atom. The smallest absolute Gasteiger partial charge is 0.262 e. The number of anilines is 1. The molecule has 2 N–H and O–H groups in total. The van der Waals surface area contributed by atoms with Crippen LogP contribution in [-0.2, 0) is 10.0 Å². The van der Waals surface area contributed by atoms with Crippen LogP contribution in [0.3, 0.4) is 0 Å². The first-order valence-electron chi connectivity index (χ1n) is 5.46. The van der Waals surface area contributed by atoms with Crippen molar-refractivity contribution in [1.29, 1.82) is 0 Å². The molecule has 4 nitrogen and oxygen atoms in total. The monoisotopic (exact) mass is 297 g/mol. The van der Waals surface area contributed by atoms with Crippen molar-refractivity contribution in [3.8, 4) is 5.75 Å². The molecule has 0 fully saturated rings. The lowest BCUT2D eigenvalue weighted by atomic mass is 10.2. The molecular weight excluding hydrogens is 286 g/mol. The van der Waals surface area contributed by atoms with E-state index in [0.29, 0.717) is 5.02 Å². The van der Waals surface area contributed by atoms with E-state index < -0.39 is 10.0 Å². The quantitative estimate of drug-likeness (QED) is 0.855. The summed E-state index contributed by atoms with van der Waals surface area (Å²) in [5.74, 6) is -0.113. The van der Waals surface area contributed by atoms with Gasteiger partial charge < -0.3 is 5.11 Å². The first-order chi connectivity index (χ1) is 8.88. The van der Waals surface area contributed by atoms with Crippen LogP contribution in [0.4, 0.5) is 5.69 Å². The normalized spacial score (nSPS) is 11.3. The van der Waals surface area contributed by atoms with Gasteiger partial charge in [-0.15, -0.1) is 0 Å². The lowest BCUT2D eigenvalue weighted by Gasteiger charge is -2.10. The molecule has 0 aliphatic heterocycles. The van der Waals surface area contributed by atoms with Gasteiger partial charge in [-0.05, 0) is 48.9 Å². The number of rotatable bonds is 3. The summed E-state index contributed by atoms with van der Waals surface area (Å²) in [7, 11) is -3.73. The summed E-state index contributed by atoms with van der Waals surface area (Å²) in [5.41, 5.74) is 0.979. The molecule has 100 valence electrons. The minimum atomic E-state index is -3.73. The standard InChI is InChI=1S/C13H12ClNO3S/c1-9-2-7-12(13(16)8-9)15-19(17,18)11-5-3-10(14)4-6-11/h2-8,15-16H,1H3.